The van der Waals surface area contributed by atoms with Crippen molar-refractivity contribution >= 4 is 11.8 Å². The molecule has 0 aliphatic carbocycles. The molecule has 1 heterocycles. The van der Waals surface area contributed by atoms with Crippen LogP contribution in [-0.2, 0) is 13.6 Å². The van der Waals surface area contributed by atoms with Gasteiger partial charge >= 0.3 is 0 Å². The van der Waals surface area contributed by atoms with Crippen LogP contribution in [0.15, 0.2) is 23.4 Å². The molecule has 0 spiro atoms. The summed E-state index contributed by atoms with van der Waals surface area (Å²) in [5.74, 6) is 2.45. The first-order valence-corrected chi connectivity index (χ1v) is 8.08. The van der Waals surface area contributed by atoms with Crippen molar-refractivity contribution in [3.63, 3.8) is 0 Å². The molecular formula is C14H21ClN5O2S-. The van der Waals surface area contributed by atoms with E-state index in [9.17, 15) is 0 Å². The standard InChI is InChI=1S/C14H21N5O2S.ClH/c1-4-21-13-9-11(5-6-12(13)20-3)10-15-7-8-22-14-16-17-18-19(14)2;/h5-6,9,15H,4,7-8,10H2,1-3H3;1H/p-1. The number of thioether (sulfide) groups is 1. The van der Waals surface area contributed by atoms with Gasteiger partial charge in [-0.25, -0.2) is 4.68 Å². The van der Waals surface area contributed by atoms with E-state index < -0.39 is 0 Å². The normalized spacial score (nSPS) is 10.2. The molecule has 23 heavy (non-hydrogen) atoms. The zero-order chi connectivity index (χ0) is 15.8. The Morgan fingerprint density at radius 1 is 1.30 bits per heavy atom. The number of aryl methyl sites for hydroxylation is 1. The number of aromatic nitrogens is 4. The highest BCUT2D eigenvalue weighted by Crippen LogP contribution is 2.27. The Morgan fingerprint density at radius 2 is 2.13 bits per heavy atom. The van der Waals surface area contributed by atoms with Crippen molar-refractivity contribution in [1.82, 2.24) is 25.5 Å². The van der Waals surface area contributed by atoms with Crippen molar-refractivity contribution in [1.29, 1.82) is 0 Å². The van der Waals surface area contributed by atoms with E-state index in [2.05, 4.69) is 20.8 Å². The number of hydrogen-bond donors (Lipinski definition) is 1. The Kier molecular flexibility index (Phi) is 8.75. The fourth-order valence-electron chi connectivity index (χ4n) is 1.89. The van der Waals surface area contributed by atoms with Crippen molar-refractivity contribution in [2.75, 3.05) is 26.0 Å². The molecule has 0 aliphatic rings. The van der Waals surface area contributed by atoms with Gasteiger partial charge in [0, 0.05) is 25.9 Å². The van der Waals surface area contributed by atoms with E-state index in [0.717, 1.165) is 41.1 Å². The van der Waals surface area contributed by atoms with E-state index >= 15 is 0 Å². The second-order valence-corrected chi connectivity index (χ2v) is 5.59. The van der Waals surface area contributed by atoms with Crippen LogP contribution in [0.2, 0.25) is 0 Å². The average molecular weight is 359 g/mol. The SMILES string of the molecule is CCOc1cc(CNCCSc2nnnn2C)ccc1OC.[Cl-]. The maximum Gasteiger partial charge on any atom is 0.209 e. The second kappa shape index (κ2) is 10.3. The van der Waals surface area contributed by atoms with Crippen molar-refractivity contribution in [2.45, 2.75) is 18.6 Å². The van der Waals surface area contributed by atoms with Gasteiger partial charge in [-0.3, -0.25) is 0 Å². The number of nitrogens with one attached hydrogen (secondary N) is 1. The summed E-state index contributed by atoms with van der Waals surface area (Å²) >= 11 is 1.63. The van der Waals surface area contributed by atoms with Crippen LogP contribution in [0, 0.1) is 0 Å². The molecule has 0 radical (unpaired) electrons. The minimum atomic E-state index is 0. The highest BCUT2D eigenvalue weighted by molar-refractivity contribution is 7.99. The molecular weight excluding hydrogens is 338 g/mol. The van der Waals surface area contributed by atoms with Gasteiger partial charge in [-0.15, -0.1) is 5.10 Å². The van der Waals surface area contributed by atoms with Crippen molar-refractivity contribution in [2.24, 2.45) is 7.05 Å². The van der Waals surface area contributed by atoms with Crippen LogP contribution in [0.1, 0.15) is 12.5 Å². The zero-order valence-corrected chi connectivity index (χ0v) is 15.0. The Labute approximate surface area is 146 Å². The second-order valence-electron chi connectivity index (χ2n) is 4.53. The number of nitrogens with zero attached hydrogens (tertiary/aromatic N) is 4. The fraction of sp³-hybridized carbons (Fsp3) is 0.500. The predicted molar refractivity (Wildman–Crippen MR) is 85.4 cm³/mol. The summed E-state index contributed by atoms with van der Waals surface area (Å²) < 4.78 is 12.5. The lowest BCUT2D eigenvalue weighted by Gasteiger charge is -2.11. The molecule has 9 heteroatoms. The molecule has 0 unspecified atom stereocenters. The van der Waals surface area contributed by atoms with Crippen LogP contribution in [0.25, 0.3) is 0 Å². The number of rotatable bonds is 9. The molecule has 0 fully saturated rings. The summed E-state index contributed by atoms with van der Waals surface area (Å²) in [4.78, 5) is 0. The van der Waals surface area contributed by atoms with Gasteiger partial charge in [-0.1, -0.05) is 17.8 Å². The molecule has 0 bridgehead atoms. The van der Waals surface area contributed by atoms with E-state index in [4.69, 9.17) is 9.47 Å². The minimum Gasteiger partial charge on any atom is -1.00 e. The molecule has 1 N–H and O–H groups in total. The lowest BCUT2D eigenvalue weighted by Crippen LogP contribution is -3.00. The third kappa shape index (κ3) is 5.89. The largest absolute Gasteiger partial charge is 1.00 e. The molecule has 128 valence electrons. The number of halogens is 1. The molecule has 0 aliphatic heterocycles. The summed E-state index contributed by atoms with van der Waals surface area (Å²) in [5, 5.41) is 15.6. The van der Waals surface area contributed by atoms with Crippen LogP contribution < -0.4 is 27.2 Å². The number of benzene rings is 1. The molecule has 0 amide bonds. The number of ether oxygens (including phenoxy) is 2. The number of tetrazole rings is 1. The number of hydrogen-bond acceptors (Lipinski definition) is 7. The monoisotopic (exact) mass is 358 g/mol. The Hall–Kier alpha value is -1.51. The van der Waals surface area contributed by atoms with Crippen LogP contribution in [-0.4, -0.2) is 46.2 Å². The lowest BCUT2D eigenvalue weighted by atomic mass is 10.2. The lowest BCUT2D eigenvalue weighted by molar-refractivity contribution is -0.00000555. The van der Waals surface area contributed by atoms with Gasteiger partial charge in [0.2, 0.25) is 5.16 Å². The molecule has 0 atom stereocenters. The first-order chi connectivity index (χ1) is 10.7. The van der Waals surface area contributed by atoms with Crippen LogP contribution in [0.4, 0.5) is 0 Å². The van der Waals surface area contributed by atoms with Crippen LogP contribution in [0.5, 0.6) is 11.5 Å². The third-order valence-electron chi connectivity index (χ3n) is 2.95. The molecule has 7 nitrogen and oxygen atoms in total. The van der Waals surface area contributed by atoms with E-state index in [1.165, 1.54) is 0 Å². The first kappa shape index (κ1) is 19.5. The average Bonchev–Trinajstić information content (AvgIpc) is 2.93. The Morgan fingerprint density at radius 3 is 2.78 bits per heavy atom. The van der Waals surface area contributed by atoms with E-state index in [1.54, 1.807) is 23.6 Å². The summed E-state index contributed by atoms with van der Waals surface area (Å²) in [6, 6.07) is 5.98. The molecule has 2 rings (SSSR count). The van der Waals surface area contributed by atoms with Gasteiger partial charge in [0.25, 0.3) is 0 Å². The molecule has 0 saturated heterocycles. The third-order valence-corrected chi connectivity index (χ3v) is 3.96. The van der Waals surface area contributed by atoms with Gasteiger partial charge in [0.05, 0.1) is 13.7 Å². The van der Waals surface area contributed by atoms with E-state index in [-0.39, 0.29) is 12.4 Å². The highest BCUT2D eigenvalue weighted by Gasteiger charge is 2.05. The summed E-state index contributed by atoms with van der Waals surface area (Å²) in [6.07, 6.45) is 0. The quantitative estimate of drug-likeness (QED) is 0.432. The topological polar surface area (TPSA) is 74.1 Å². The minimum absolute atomic E-state index is 0. The van der Waals surface area contributed by atoms with Gasteiger partial charge in [-0.2, -0.15) is 0 Å². The molecule has 1 aromatic carbocycles. The predicted octanol–water partition coefficient (Wildman–Crippen LogP) is -1.50. The number of methoxy groups -OCH3 is 1. The zero-order valence-electron chi connectivity index (χ0n) is 13.5. The Bertz CT molecular complexity index is 596. The van der Waals surface area contributed by atoms with Crippen molar-refractivity contribution in [3.05, 3.63) is 23.8 Å². The van der Waals surface area contributed by atoms with Crippen LogP contribution >= 0.6 is 11.8 Å². The smallest absolute Gasteiger partial charge is 0.209 e. The molecule has 2 aromatic rings. The first-order valence-electron chi connectivity index (χ1n) is 7.10. The van der Waals surface area contributed by atoms with Crippen molar-refractivity contribution < 1.29 is 21.9 Å². The summed E-state index contributed by atoms with van der Waals surface area (Å²) in [5.41, 5.74) is 1.16. The van der Waals surface area contributed by atoms with Gasteiger partial charge < -0.3 is 27.2 Å². The summed E-state index contributed by atoms with van der Waals surface area (Å²) in [7, 11) is 3.48. The maximum atomic E-state index is 5.58. The van der Waals surface area contributed by atoms with Gasteiger partial charge in [0.1, 0.15) is 0 Å². The Balaban J connectivity index is 0.00000264. The maximum absolute atomic E-state index is 5.58. The van der Waals surface area contributed by atoms with E-state index in [1.807, 2.05) is 32.2 Å². The van der Waals surface area contributed by atoms with Gasteiger partial charge in [-0.05, 0) is 35.0 Å². The molecule has 1 aromatic heterocycles. The highest BCUT2D eigenvalue weighted by atomic mass is 35.5. The fourth-order valence-corrected chi connectivity index (χ4v) is 2.64. The van der Waals surface area contributed by atoms with Gasteiger partial charge in [0.15, 0.2) is 11.5 Å². The van der Waals surface area contributed by atoms with E-state index in [0.29, 0.717) is 6.61 Å². The van der Waals surface area contributed by atoms with Crippen molar-refractivity contribution in [3.8, 4) is 11.5 Å². The molecule has 0 saturated carbocycles. The van der Waals surface area contributed by atoms with Crippen LogP contribution in [0.3, 0.4) is 0 Å². The summed E-state index contributed by atoms with van der Waals surface area (Å²) in [6.45, 7) is 4.23.